The Morgan fingerprint density at radius 3 is 2.57 bits per heavy atom. The maximum absolute atomic E-state index is 13.0. The van der Waals surface area contributed by atoms with Gasteiger partial charge < -0.3 is 10.4 Å². The molecular weight excluding hydrogens is 356 g/mol. The van der Waals surface area contributed by atoms with Crippen LogP contribution in [0.4, 0.5) is 0 Å². The first-order chi connectivity index (χ1) is 13.4. The molecule has 1 saturated carbocycles. The molecule has 4 rings (SSSR count). The lowest BCUT2D eigenvalue weighted by Crippen LogP contribution is -2.46. The van der Waals surface area contributed by atoms with Crippen LogP contribution in [-0.2, 0) is 4.79 Å². The van der Waals surface area contributed by atoms with Gasteiger partial charge in [0.2, 0.25) is 0 Å². The fourth-order valence-corrected chi connectivity index (χ4v) is 3.54. The number of rotatable bonds is 5. The zero-order chi connectivity index (χ0) is 19.8. The second kappa shape index (κ2) is 7.07. The first kappa shape index (κ1) is 18.2. The van der Waals surface area contributed by atoms with Crippen LogP contribution in [-0.4, -0.2) is 37.8 Å². The van der Waals surface area contributed by atoms with Crippen LogP contribution in [0.2, 0.25) is 0 Å². The minimum absolute atomic E-state index is 0.106. The summed E-state index contributed by atoms with van der Waals surface area (Å²) in [6.45, 7) is 4.03. The summed E-state index contributed by atoms with van der Waals surface area (Å²) in [5.74, 6) is -1.39. The van der Waals surface area contributed by atoms with Crippen molar-refractivity contribution in [2.45, 2.75) is 38.8 Å². The number of carbonyl (C=O) groups excluding carboxylic acids is 1. The molecule has 3 aromatic rings. The van der Waals surface area contributed by atoms with Crippen LogP contribution in [0.3, 0.4) is 0 Å². The highest BCUT2D eigenvalue weighted by Crippen LogP contribution is 2.30. The highest BCUT2D eigenvalue weighted by Gasteiger charge is 2.35. The summed E-state index contributed by atoms with van der Waals surface area (Å²) in [5, 5.41) is 17.1. The summed E-state index contributed by atoms with van der Waals surface area (Å²) >= 11 is 0. The van der Waals surface area contributed by atoms with E-state index >= 15 is 0 Å². The molecule has 1 aromatic carbocycles. The summed E-state index contributed by atoms with van der Waals surface area (Å²) in [6, 6.07) is 11.5. The van der Waals surface area contributed by atoms with Gasteiger partial charge in [0.05, 0.1) is 28.8 Å². The molecule has 2 N–H and O–H groups in total. The highest BCUT2D eigenvalue weighted by molar-refractivity contribution is 6.06. The number of nitrogens with one attached hydrogen (secondary N) is 1. The third kappa shape index (κ3) is 3.24. The minimum atomic E-state index is -0.804. The van der Waals surface area contributed by atoms with E-state index in [1.807, 2.05) is 48.9 Å². The molecule has 1 fully saturated rings. The first-order valence-corrected chi connectivity index (χ1v) is 9.41. The van der Waals surface area contributed by atoms with Gasteiger partial charge in [-0.05, 0) is 32.8 Å². The van der Waals surface area contributed by atoms with E-state index in [0.717, 1.165) is 5.56 Å². The Kier molecular flexibility index (Phi) is 4.58. The lowest BCUT2D eigenvalue weighted by atomic mass is 9.80. The van der Waals surface area contributed by atoms with Crippen LogP contribution in [0.25, 0.3) is 22.3 Å². The van der Waals surface area contributed by atoms with Gasteiger partial charge in [0, 0.05) is 17.6 Å². The Labute approximate surface area is 162 Å². The van der Waals surface area contributed by atoms with Gasteiger partial charge in [0.25, 0.3) is 5.91 Å². The van der Waals surface area contributed by atoms with Crippen molar-refractivity contribution in [2.75, 3.05) is 0 Å². The molecule has 0 unspecified atom stereocenters. The van der Waals surface area contributed by atoms with E-state index in [9.17, 15) is 9.59 Å². The van der Waals surface area contributed by atoms with Crippen LogP contribution >= 0.6 is 0 Å². The number of carboxylic acids is 1. The van der Waals surface area contributed by atoms with Gasteiger partial charge in [-0.2, -0.15) is 5.10 Å². The number of carbonyl (C=O) groups is 2. The van der Waals surface area contributed by atoms with Gasteiger partial charge in [-0.1, -0.05) is 30.3 Å². The summed E-state index contributed by atoms with van der Waals surface area (Å²) in [6.07, 6.45) is 2.60. The molecular formula is C21H22N4O3. The molecule has 7 heteroatoms. The molecule has 0 radical (unpaired) electrons. The molecule has 0 atom stereocenters. The zero-order valence-electron chi connectivity index (χ0n) is 15.8. The molecule has 0 bridgehead atoms. The first-order valence-electron chi connectivity index (χ1n) is 9.41. The SMILES string of the molecule is CC(C)n1ncc2c(C(=O)NC3CC(C(=O)O)C3)cc(-c3ccccc3)nc21. The molecule has 0 spiro atoms. The van der Waals surface area contributed by atoms with Gasteiger partial charge in [0.1, 0.15) is 0 Å². The molecule has 1 aliphatic carbocycles. The van der Waals surface area contributed by atoms with Crippen LogP contribution in [0, 0.1) is 5.92 Å². The van der Waals surface area contributed by atoms with Crippen LogP contribution in [0.15, 0.2) is 42.6 Å². The number of pyridine rings is 1. The van der Waals surface area contributed by atoms with Crippen molar-refractivity contribution in [2.24, 2.45) is 5.92 Å². The minimum Gasteiger partial charge on any atom is -0.481 e. The van der Waals surface area contributed by atoms with Crippen LogP contribution in [0.1, 0.15) is 43.1 Å². The van der Waals surface area contributed by atoms with E-state index in [1.54, 1.807) is 12.3 Å². The molecule has 1 aliphatic rings. The number of amides is 1. The Bertz CT molecular complexity index is 1040. The molecule has 144 valence electrons. The Morgan fingerprint density at radius 2 is 1.93 bits per heavy atom. The molecule has 0 saturated heterocycles. The molecule has 28 heavy (non-hydrogen) atoms. The summed E-state index contributed by atoms with van der Waals surface area (Å²) in [5.41, 5.74) is 2.80. The number of benzene rings is 1. The smallest absolute Gasteiger partial charge is 0.306 e. The average molecular weight is 378 g/mol. The van der Waals surface area contributed by atoms with Crippen molar-refractivity contribution < 1.29 is 14.7 Å². The number of carboxylic acid groups (broad SMARTS) is 1. The van der Waals surface area contributed by atoms with Crippen molar-refractivity contribution >= 4 is 22.9 Å². The number of aliphatic carboxylic acids is 1. The summed E-state index contributed by atoms with van der Waals surface area (Å²) < 4.78 is 1.81. The second-order valence-corrected chi connectivity index (χ2v) is 7.52. The fraction of sp³-hybridized carbons (Fsp3) is 0.333. The topological polar surface area (TPSA) is 97.1 Å². The van der Waals surface area contributed by atoms with Gasteiger partial charge in [-0.3, -0.25) is 9.59 Å². The van der Waals surface area contributed by atoms with Gasteiger partial charge in [-0.15, -0.1) is 0 Å². The Balaban J connectivity index is 1.72. The number of aromatic nitrogens is 3. The van der Waals surface area contributed by atoms with Crippen molar-refractivity contribution in [3.05, 3.63) is 48.2 Å². The monoisotopic (exact) mass is 378 g/mol. The van der Waals surface area contributed by atoms with Crippen molar-refractivity contribution in [1.82, 2.24) is 20.1 Å². The standard InChI is InChI=1S/C21H22N4O3/c1-12(2)25-19-17(11-22-25)16(10-18(24-19)13-6-4-3-5-7-13)20(26)23-15-8-14(9-15)21(27)28/h3-7,10-12,14-15H,8-9H2,1-2H3,(H,23,26)(H,27,28). The van der Waals surface area contributed by atoms with E-state index in [1.165, 1.54) is 0 Å². The molecule has 1 amide bonds. The predicted molar refractivity (Wildman–Crippen MR) is 105 cm³/mol. The lowest BCUT2D eigenvalue weighted by molar-refractivity contribution is -0.145. The lowest BCUT2D eigenvalue weighted by Gasteiger charge is -2.32. The highest BCUT2D eigenvalue weighted by atomic mass is 16.4. The van der Waals surface area contributed by atoms with Crippen molar-refractivity contribution in [3.8, 4) is 11.3 Å². The van der Waals surface area contributed by atoms with Gasteiger partial charge in [0.15, 0.2) is 5.65 Å². The Hall–Kier alpha value is -3.22. The number of hydrogen-bond acceptors (Lipinski definition) is 4. The quantitative estimate of drug-likeness (QED) is 0.710. The van der Waals surface area contributed by atoms with Gasteiger partial charge >= 0.3 is 5.97 Å². The van der Waals surface area contributed by atoms with Crippen molar-refractivity contribution in [3.63, 3.8) is 0 Å². The van der Waals surface area contributed by atoms with Crippen molar-refractivity contribution in [1.29, 1.82) is 0 Å². The average Bonchev–Trinajstić information content (AvgIpc) is 3.08. The normalized spacial score (nSPS) is 18.8. The summed E-state index contributed by atoms with van der Waals surface area (Å²) in [4.78, 5) is 28.7. The van der Waals surface area contributed by atoms with E-state index in [-0.39, 0.29) is 23.9 Å². The Morgan fingerprint density at radius 1 is 1.21 bits per heavy atom. The second-order valence-electron chi connectivity index (χ2n) is 7.52. The van der Waals surface area contributed by atoms with E-state index in [2.05, 4.69) is 10.4 Å². The number of hydrogen-bond donors (Lipinski definition) is 2. The van der Waals surface area contributed by atoms with Gasteiger partial charge in [-0.25, -0.2) is 9.67 Å². The maximum atomic E-state index is 13.0. The molecule has 7 nitrogen and oxygen atoms in total. The van der Waals surface area contributed by atoms with E-state index in [0.29, 0.717) is 35.1 Å². The van der Waals surface area contributed by atoms with E-state index < -0.39 is 5.97 Å². The van der Waals surface area contributed by atoms with Crippen LogP contribution < -0.4 is 5.32 Å². The third-order valence-electron chi connectivity index (χ3n) is 5.19. The zero-order valence-corrected chi connectivity index (χ0v) is 15.8. The molecule has 2 heterocycles. The molecule has 0 aliphatic heterocycles. The fourth-order valence-electron chi connectivity index (χ4n) is 3.54. The summed E-state index contributed by atoms with van der Waals surface area (Å²) in [7, 11) is 0. The number of fused-ring (bicyclic) bond motifs is 1. The molecule has 2 aromatic heterocycles. The number of nitrogens with zero attached hydrogens (tertiary/aromatic N) is 3. The third-order valence-corrected chi connectivity index (χ3v) is 5.19. The van der Waals surface area contributed by atoms with E-state index in [4.69, 9.17) is 10.1 Å². The predicted octanol–water partition coefficient (Wildman–Crippen LogP) is 3.27. The largest absolute Gasteiger partial charge is 0.481 e. The van der Waals surface area contributed by atoms with Crippen LogP contribution in [0.5, 0.6) is 0 Å². The maximum Gasteiger partial charge on any atom is 0.306 e.